The molecule has 0 aromatic heterocycles. The lowest BCUT2D eigenvalue weighted by atomic mass is 9.98. The van der Waals surface area contributed by atoms with Gasteiger partial charge in [-0.3, -0.25) is 4.79 Å². The van der Waals surface area contributed by atoms with Crippen molar-refractivity contribution in [3.63, 3.8) is 0 Å². The second-order valence-corrected chi connectivity index (χ2v) is 4.37. The molecular weight excluding hydrogens is 190 g/mol. The molecule has 1 aliphatic heterocycles. The number of rotatable bonds is 5. The third-order valence-corrected chi connectivity index (χ3v) is 3.12. The number of carbonyl (C=O) groups excluding carboxylic acids is 1. The Morgan fingerprint density at radius 1 is 1.47 bits per heavy atom. The molecule has 1 unspecified atom stereocenters. The topological polar surface area (TPSA) is 29.5 Å². The molecule has 3 heteroatoms. The minimum atomic E-state index is -0.0322. The fourth-order valence-corrected chi connectivity index (χ4v) is 2.20. The number of ether oxygens (including phenoxy) is 1. The van der Waals surface area contributed by atoms with E-state index in [-0.39, 0.29) is 11.9 Å². The molecule has 0 aromatic rings. The Hall–Kier alpha value is -0.570. The molecule has 0 amide bonds. The van der Waals surface area contributed by atoms with E-state index in [1.165, 1.54) is 26.4 Å². The first-order chi connectivity index (χ1) is 7.27. The summed E-state index contributed by atoms with van der Waals surface area (Å²) in [6, 6.07) is 0. The van der Waals surface area contributed by atoms with Gasteiger partial charge in [-0.25, -0.2) is 0 Å². The molecule has 0 aromatic carbocycles. The molecule has 0 saturated carbocycles. The van der Waals surface area contributed by atoms with Gasteiger partial charge in [-0.05, 0) is 32.4 Å². The number of carbonyl (C=O) groups is 1. The molecule has 0 aliphatic carbocycles. The zero-order valence-corrected chi connectivity index (χ0v) is 10.00. The first-order valence-corrected chi connectivity index (χ1v) is 6.08. The fraction of sp³-hybridized carbons (Fsp3) is 0.917. The highest BCUT2D eigenvalue weighted by molar-refractivity contribution is 5.72. The van der Waals surface area contributed by atoms with Crippen molar-refractivity contribution in [2.75, 3.05) is 26.7 Å². The molecule has 1 aliphatic rings. The van der Waals surface area contributed by atoms with Crippen LogP contribution in [0.5, 0.6) is 0 Å². The average molecular weight is 213 g/mol. The third-order valence-electron chi connectivity index (χ3n) is 3.12. The van der Waals surface area contributed by atoms with Crippen LogP contribution in [0.4, 0.5) is 0 Å². The van der Waals surface area contributed by atoms with E-state index in [1.54, 1.807) is 0 Å². The zero-order chi connectivity index (χ0) is 11.1. The molecule has 3 nitrogen and oxygen atoms in total. The Kier molecular flexibility index (Phi) is 5.69. The summed E-state index contributed by atoms with van der Waals surface area (Å²) in [5.74, 6) is 0.0839. The summed E-state index contributed by atoms with van der Waals surface area (Å²) in [5.41, 5.74) is 0. The van der Waals surface area contributed by atoms with Crippen molar-refractivity contribution in [3.8, 4) is 0 Å². The molecule has 1 saturated heterocycles. The predicted octanol–water partition coefficient (Wildman–Crippen LogP) is 2.06. The highest BCUT2D eigenvalue weighted by Crippen LogP contribution is 2.18. The Morgan fingerprint density at radius 3 is 2.93 bits per heavy atom. The van der Waals surface area contributed by atoms with Gasteiger partial charge in [0.1, 0.15) is 0 Å². The fourth-order valence-electron chi connectivity index (χ4n) is 2.20. The standard InChI is InChI=1S/C12H23NO2/c1-3-4-5-8-13-9-6-7-11(10-13)12(14)15-2/h11H,3-10H2,1-2H3. The second kappa shape index (κ2) is 6.83. The first kappa shape index (κ1) is 12.5. The quantitative estimate of drug-likeness (QED) is 0.517. The van der Waals surface area contributed by atoms with Crippen LogP contribution < -0.4 is 0 Å². The largest absolute Gasteiger partial charge is 0.469 e. The highest BCUT2D eigenvalue weighted by Gasteiger charge is 2.25. The summed E-state index contributed by atoms with van der Waals surface area (Å²) in [4.78, 5) is 13.8. The van der Waals surface area contributed by atoms with E-state index < -0.39 is 0 Å². The minimum absolute atomic E-state index is 0.0322. The lowest BCUT2D eigenvalue weighted by Crippen LogP contribution is -2.39. The van der Waals surface area contributed by atoms with Gasteiger partial charge in [0.15, 0.2) is 0 Å². The van der Waals surface area contributed by atoms with E-state index in [1.807, 2.05) is 0 Å². The van der Waals surface area contributed by atoms with Crippen molar-refractivity contribution in [1.82, 2.24) is 4.90 Å². The van der Waals surface area contributed by atoms with Crippen LogP contribution in [0, 0.1) is 5.92 Å². The normalized spacial score (nSPS) is 22.7. The number of esters is 1. The molecule has 0 radical (unpaired) electrons. The van der Waals surface area contributed by atoms with Crippen molar-refractivity contribution >= 4 is 5.97 Å². The summed E-state index contributed by atoms with van der Waals surface area (Å²) >= 11 is 0. The van der Waals surface area contributed by atoms with Crippen LogP contribution >= 0.6 is 0 Å². The molecule has 0 bridgehead atoms. The first-order valence-electron chi connectivity index (χ1n) is 6.08. The molecule has 1 heterocycles. The van der Waals surface area contributed by atoms with Crippen LogP contribution in [-0.2, 0) is 9.53 Å². The number of nitrogens with zero attached hydrogens (tertiary/aromatic N) is 1. The number of hydrogen-bond acceptors (Lipinski definition) is 3. The van der Waals surface area contributed by atoms with Crippen LogP contribution in [0.15, 0.2) is 0 Å². The maximum Gasteiger partial charge on any atom is 0.309 e. The second-order valence-electron chi connectivity index (χ2n) is 4.37. The van der Waals surface area contributed by atoms with E-state index in [0.717, 1.165) is 32.5 Å². The van der Waals surface area contributed by atoms with Gasteiger partial charge in [-0.15, -0.1) is 0 Å². The average Bonchev–Trinajstić information content (AvgIpc) is 2.29. The van der Waals surface area contributed by atoms with Crippen LogP contribution in [0.2, 0.25) is 0 Å². The molecule has 1 rings (SSSR count). The van der Waals surface area contributed by atoms with E-state index >= 15 is 0 Å². The van der Waals surface area contributed by atoms with Crippen LogP contribution in [-0.4, -0.2) is 37.6 Å². The van der Waals surface area contributed by atoms with E-state index in [2.05, 4.69) is 11.8 Å². The highest BCUT2D eigenvalue weighted by atomic mass is 16.5. The summed E-state index contributed by atoms with van der Waals surface area (Å²) in [5, 5.41) is 0. The Morgan fingerprint density at radius 2 is 2.27 bits per heavy atom. The number of methoxy groups -OCH3 is 1. The predicted molar refractivity (Wildman–Crippen MR) is 60.7 cm³/mol. The van der Waals surface area contributed by atoms with Gasteiger partial charge in [0.25, 0.3) is 0 Å². The summed E-state index contributed by atoms with van der Waals surface area (Å²) in [6.07, 6.45) is 5.93. The van der Waals surface area contributed by atoms with Crippen molar-refractivity contribution in [1.29, 1.82) is 0 Å². The molecule has 15 heavy (non-hydrogen) atoms. The molecule has 1 fully saturated rings. The maximum atomic E-state index is 11.4. The van der Waals surface area contributed by atoms with Crippen molar-refractivity contribution in [2.45, 2.75) is 39.0 Å². The van der Waals surface area contributed by atoms with E-state index in [9.17, 15) is 4.79 Å². The van der Waals surface area contributed by atoms with Crippen molar-refractivity contribution < 1.29 is 9.53 Å². The number of unbranched alkanes of at least 4 members (excludes halogenated alkanes) is 2. The summed E-state index contributed by atoms with van der Waals surface area (Å²) in [6.45, 7) is 5.41. The Balaban J connectivity index is 2.26. The Labute approximate surface area is 92.8 Å². The Bertz CT molecular complexity index is 194. The van der Waals surface area contributed by atoms with Crippen molar-refractivity contribution in [3.05, 3.63) is 0 Å². The lowest BCUT2D eigenvalue weighted by Gasteiger charge is -2.31. The third kappa shape index (κ3) is 4.20. The van der Waals surface area contributed by atoms with Gasteiger partial charge >= 0.3 is 5.97 Å². The number of hydrogen-bond donors (Lipinski definition) is 0. The van der Waals surface area contributed by atoms with Gasteiger partial charge < -0.3 is 9.64 Å². The summed E-state index contributed by atoms with van der Waals surface area (Å²) < 4.78 is 4.80. The maximum absolute atomic E-state index is 11.4. The molecule has 0 spiro atoms. The van der Waals surface area contributed by atoms with Gasteiger partial charge in [-0.2, -0.15) is 0 Å². The monoisotopic (exact) mass is 213 g/mol. The van der Waals surface area contributed by atoms with E-state index in [0.29, 0.717) is 0 Å². The molecule has 88 valence electrons. The zero-order valence-electron chi connectivity index (χ0n) is 10.00. The van der Waals surface area contributed by atoms with E-state index in [4.69, 9.17) is 4.74 Å². The van der Waals surface area contributed by atoms with Crippen molar-refractivity contribution in [2.24, 2.45) is 5.92 Å². The van der Waals surface area contributed by atoms with Gasteiger partial charge in [-0.1, -0.05) is 19.8 Å². The minimum Gasteiger partial charge on any atom is -0.469 e. The van der Waals surface area contributed by atoms with Crippen LogP contribution in [0.25, 0.3) is 0 Å². The number of piperidine rings is 1. The van der Waals surface area contributed by atoms with Gasteiger partial charge in [0.05, 0.1) is 13.0 Å². The molecule has 0 N–H and O–H groups in total. The van der Waals surface area contributed by atoms with Gasteiger partial charge in [0, 0.05) is 6.54 Å². The molecule has 1 atom stereocenters. The summed E-state index contributed by atoms with van der Waals surface area (Å²) in [7, 11) is 1.48. The number of likely N-dealkylation sites (tertiary alicyclic amines) is 1. The smallest absolute Gasteiger partial charge is 0.309 e. The lowest BCUT2D eigenvalue weighted by molar-refractivity contribution is -0.147. The SMILES string of the molecule is CCCCCN1CCCC(C(=O)OC)C1. The molecular formula is C12H23NO2. The van der Waals surface area contributed by atoms with Crippen LogP contribution in [0.1, 0.15) is 39.0 Å². The van der Waals surface area contributed by atoms with Crippen LogP contribution in [0.3, 0.4) is 0 Å². The van der Waals surface area contributed by atoms with Gasteiger partial charge in [0.2, 0.25) is 0 Å².